The topological polar surface area (TPSA) is 97.2 Å². The van der Waals surface area contributed by atoms with E-state index in [-0.39, 0.29) is 11.7 Å². The Balaban J connectivity index is 1.53. The molecule has 9 heteroatoms. The van der Waals surface area contributed by atoms with Gasteiger partial charge in [-0.05, 0) is 23.8 Å². The number of non-ortho nitro benzene ring substituents is 1. The van der Waals surface area contributed by atoms with Gasteiger partial charge < -0.3 is 19.7 Å². The molecule has 1 aliphatic rings. The molecule has 2 aromatic carbocycles. The van der Waals surface area contributed by atoms with E-state index in [9.17, 15) is 14.9 Å². The lowest BCUT2D eigenvalue weighted by molar-refractivity contribution is -0.384. The normalized spacial score (nSPS) is 14.3. The fraction of sp³-hybridized carbons (Fsp3) is 0.350. The van der Waals surface area contributed by atoms with Crippen molar-refractivity contribution in [3.05, 3.63) is 58.1 Å². The van der Waals surface area contributed by atoms with E-state index in [0.29, 0.717) is 30.3 Å². The third-order valence-electron chi connectivity index (χ3n) is 4.82. The molecular weight excluding hydrogens is 376 g/mol. The maximum atomic E-state index is 12.5. The fourth-order valence-electron chi connectivity index (χ4n) is 3.25. The van der Waals surface area contributed by atoms with E-state index in [4.69, 9.17) is 9.47 Å². The number of carbonyl (C=O) groups excluding carboxylic acids is 1. The van der Waals surface area contributed by atoms with Gasteiger partial charge in [0, 0.05) is 50.5 Å². The molecule has 1 aliphatic heterocycles. The summed E-state index contributed by atoms with van der Waals surface area (Å²) in [6.45, 7) is 3.37. The van der Waals surface area contributed by atoms with Crippen LogP contribution in [0.3, 0.4) is 0 Å². The lowest BCUT2D eigenvalue weighted by Gasteiger charge is -2.34. The maximum Gasteiger partial charge on any atom is 0.321 e. The minimum absolute atomic E-state index is 0.0532. The Hall–Kier alpha value is -3.33. The number of nitro groups is 1. The van der Waals surface area contributed by atoms with E-state index >= 15 is 0 Å². The number of anilines is 1. The number of nitrogens with zero attached hydrogens (tertiary/aromatic N) is 3. The molecule has 9 nitrogen and oxygen atoms in total. The van der Waals surface area contributed by atoms with Gasteiger partial charge in [0.05, 0.1) is 19.1 Å². The van der Waals surface area contributed by atoms with Crippen LogP contribution in [0.15, 0.2) is 42.5 Å². The van der Waals surface area contributed by atoms with E-state index in [0.717, 1.165) is 25.2 Å². The van der Waals surface area contributed by atoms with Gasteiger partial charge in [-0.15, -0.1) is 0 Å². The Labute approximate surface area is 169 Å². The van der Waals surface area contributed by atoms with Gasteiger partial charge in [-0.1, -0.05) is 12.1 Å². The summed E-state index contributed by atoms with van der Waals surface area (Å²) in [6.07, 6.45) is 0. The molecule has 0 aliphatic carbocycles. The maximum absolute atomic E-state index is 12.5. The van der Waals surface area contributed by atoms with Crippen LogP contribution in [0.2, 0.25) is 0 Å². The summed E-state index contributed by atoms with van der Waals surface area (Å²) in [4.78, 5) is 26.8. The number of amides is 2. The van der Waals surface area contributed by atoms with Crippen molar-refractivity contribution < 1.29 is 19.2 Å². The van der Waals surface area contributed by atoms with Crippen LogP contribution in [-0.2, 0) is 6.54 Å². The first-order valence-corrected chi connectivity index (χ1v) is 9.24. The number of benzene rings is 2. The van der Waals surface area contributed by atoms with Gasteiger partial charge in [0.2, 0.25) is 0 Å². The number of hydrogen-bond acceptors (Lipinski definition) is 6. The first-order chi connectivity index (χ1) is 14.0. The molecule has 2 aromatic rings. The van der Waals surface area contributed by atoms with E-state index in [1.807, 2.05) is 18.2 Å². The SMILES string of the molecule is COc1ccc(CN2CCN(C(=O)Nc3cccc([N+](=O)[O-])c3)CC2)cc1OC. The molecule has 0 aromatic heterocycles. The van der Waals surface area contributed by atoms with Crippen molar-refractivity contribution >= 4 is 17.4 Å². The predicted molar refractivity (Wildman–Crippen MR) is 109 cm³/mol. The molecule has 1 heterocycles. The van der Waals surface area contributed by atoms with Crippen molar-refractivity contribution in [1.82, 2.24) is 9.80 Å². The molecule has 154 valence electrons. The standard InChI is InChI=1S/C20H24N4O5/c1-28-18-7-6-15(12-19(18)29-2)14-22-8-10-23(11-9-22)20(25)21-16-4-3-5-17(13-16)24(26)27/h3-7,12-13H,8-11,14H2,1-2H3,(H,21,25). The van der Waals surface area contributed by atoms with Crippen LogP contribution < -0.4 is 14.8 Å². The highest BCUT2D eigenvalue weighted by atomic mass is 16.6. The first-order valence-electron chi connectivity index (χ1n) is 9.24. The summed E-state index contributed by atoms with van der Waals surface area (Å²) in [6, 6.07) is 11.5. The second-order valence-electron chi connectivity index (χ2n) is 6.69. The minimum atomic E-state index is -0.484. The fourth-order valence-corrected chi connectivity index (χ4v) is 3.25. The largest absolute Gasteiger partial charge is 0.493 e. The summed E-state index contributed by atoms with van der Waals surface area (Å²) in [5, 5.41) is 13.6. The molecule has 1 N–H and O–H groups in total. The summed E-state index contributed by atoms with van der Waals surface area (Å²) in [5.74, 6) is 1.39. The molecule has 0 atom stereocenters. The number of hydrogen-bond donors (Lipinski definition) is 1. The zero-order valence-corrected chi connectivity index (χ0v) is 16.5. The highest BCUT2D eigenvalue weighted by molar-refractivity contribution is 5.89. The van der Waals surface area contributed by atoms with Crippen molar-refractivity contribution in [3.8, 4) is 11.5 Å². The lowest BCUT2D eigenvalue weighted by atomic mass is 10.1. The molecule has 0 spiro atoms. The minimum Gasteiger partial charge on any atom is -0.493 e. The molecule has 1 fully saturated rings. The van der Waals surface area contributed by atoms with Crippen molar-refractivity contribution in [2.75, 3.05) is 45.7 Å². The molecule has 2 amide bonds. The lowest BCUT2D eigenvalue weighted by Crippen LogP contribution is -2.49. The van der Waals surface area contributed by atoms with E-state index < -0.39 is 4.92 Å². The van der Waals surface area contributed by atoms with E-state index in [1.165, 1.54) is 12.1 Å². The van der Waals surface area contributed by atoms with Gasteiger partial charge in [0.25, 0.3) is 5.69 Å². The number of methoxy groups -OCH3 is 2. The summed E-state index contributed by atoms with van der Waals surface area (Å²) < 4.78 is 10.6. The Morgan fingerprint density at radius 3 is 2.45 bits per heavy atom. The predicted octanol–water partition coefficient (Wildman–Crippen LogP) is 2.96. The van der Waals surface area contributed by atoms with Crippen molar-refractivity contribution in [1.29, 1.82) is 0 Å². The highest BCUT2D eigenvalue weighted by Crippen LogP contribution is 2.28. The molecule has 29 heavy (non-hydrogen) atoms. The quantitative estimate of drug-likeness (QED) is 0.591. The average molecular weight is 400 g/mol. The van der Waals surface area contributed by atoms with Crippen molar-refractivity contribution in [3.63, 3.8) is 0 Å². The van der Waals surface area contributed by atoms with Crippen molar-refractivity contribution in [2.45, 2.75) is 6.54 Å². The van der Waals surface area contributed by atoms with E-state index in [2.05, 4.69) is 10.2 Å². The number of urea groups is 1. The van der Waals surface area contributed by atoms with Gasteiger partial charge in [0.15, 0.2) is 11.5 Å². The molecule has 0 bridgehead atoms. The van der Waals surface area contributed by atoms with Gasteiger partial charge >= 0.3 is 6.03 Å². The van der Waals surface area contributed by atoms with Crippen LogP contribution in [0.25, 0.3) is 0 Å². The van der Waals surface area contributed by atoms with Crippen LogP contribution >= 0.6 is 0 Å². The Bertz CT molecular complexity index is 881. The van der Waals surface area contributed by atoms with Crippen LogP contribution in [0.1, 0.15) is 5.56 Å². The number of nitro benzene ring substituents is 1. The Kier molecular flexibility index (Phi) is 6.50. The van der Waals surface area contributed by atoms with Crippen LogP contribution in [0, 0.1) is 10.1 Å². The summed E-state index contributed by atoms with van der Waals surface area (Å²) in [5.41, 5.74) is 1.47. The second-order valence-corrected chi connectivity index (χ2v) is 6.69. The molecule has 1 saturated heterocycles. The number of ether oxygens (including phenoxy) is 2. The molecule has 0 saturated carbocycles. The Morgan fingerprint density at radius 1 is 1.07 bits per heavy atom. The first kappa shape index (κ1) is 20.4. The van der Waals surface area contributed by atoms with Gasteiger partial charge in [-0.25, -0.2) is 4.79 Å². The van der Waals surface area contributed by atoms with E-state index in [1.54, 1.807) is 31.3 Å². The second kappa shape index (κ2) is 9.24. The zero-order chi connectivity index (χ0) is 20.8. The van der Waals surface area contributed by atoms with Crippen LogP contribution in [0.4, 0.5) is 16.2 Å². The highest BCUT2D eigenvalue weighted by Gasteiger charge is 2.22. The third kappa shape index (κ3) is 5.14. The van der Waals surface area contributed by atoms with Gasteiger partial charge in [-0.2, -0.15) is 0 Å². The molecular formula is C20H24N4O5. The monoisotopic (exact) mass is 400 g/mol. The number of carbonyl (C=O) groups is 1. The number of rotatable bonds is 6. The smallest absolute Gasteiger partial charge is 0.321 e. The van der Waals surface area contributed by atoms with Crippen LogP contribution in [-0.4, -0.2) is 61.2 Å². The molecule has 3 rings (SSSR count). The number of piperazine rings is 1. The molecule has 0 radical (unpaired) electrons. The zero-order valence-electron chi connectivity index (χ0n) is 16.5. The molecule has 0 unspecified atom stereocenters. The number of nitrogens with one attached hydrogen (secondary N) is 1. The average Bonchev–Trinajstić information content (AvgIpc) is 2.74. The third-order valence-corrected chi connectivity index (χ3v) is 4.82. The summed E-state index contributed by atoms with van der Waals surface area (Å²) >= 11 is 0. The Morgan fingerprint density at radius 2 is 1.79 bits per heavy atom. The van der Waals surface area contributed by atoms with Gasteiger partial charge in [-0.3, -0.25) is 15.0 Å². The summed E-state index contributed by atoms with van der Waals surface area (Å²) in [7, 11) is 3.22. The van der Waals surface area contributed by atoms with Gasteiger partial charge in [0.1, 0.15) is 0 Å². The van der Waals surface area contributed by atoms with Crippen molar-refractivity contribution in [2.24, 2.45) is 0 Å². The van der Waals surface area contributed by atoms with Crippen LogP contribution in [0.5, 0.6) is 11.5 Å².